The third-order valence-electron chi connectivity index (χ3n) is 14.3. The number of aromatic nitrogens is 3. The second kappa shape index (κ2) is 25.7. The van der Waals surface area contributed by atoms with Crippen molar-refractivity contribution in [3.8, 4) is 28.2 Å². The summed E-state index contributed by atoms with van der Waals surface area (Å²) in [5.41, 5.74) is 2.95. The molecule has 0 bridgehead atoms. The van der Waals surface area contributed by atoms with E-state index in [1.165, 1.54) is 47.3 Å². The Bertz CT molecular complexity index is 3840. The summed E-state index contributed by atoms with van der Waals surface area (Å²) in [6.45, 7) is 12.8. The second-order valence-electron chi connectivity index (χ2n) is 19.6. The van der Waals surface area contributed by atoms with Crippen molar-refractivity contribution in [1.82, 2.24) is 39.0 Å². The summed E-state index contributed by atoms with van der Waals surface area (Å²) >= 11 is 0. The summed E-state index contributed by atoms with van der Waals surface area (Å²) in [5, 5.41) is 33.2. The smallest absolute Gasteiger partial charge is 0.326 e. The minimum absolute atomic E-state index is 0.0372. The number of amides is 1. The van der Waals surface area contributed by atoms with Gasteiger partial charge in [0.05, 0.1) is 40.3 Å². The van der Waals surface area contributed by atoms with Gasteiger partial charge in [0.25, 0.3) is 10.1 Å². The highest BCUT2D eigenvalue weighted by Gasteiger charge is 2.46. The number of hydroxylamine groups is 2. The van der Waals surface area contributed by atoms with E-state index in [2.05, 4.69) is 29.8 Å². The van der Waals surface area contributed by atoms with Gasteiger partial charge in [0, 0.05) is 85.0 Å². The van der Waals surface area contributed by atoms with Gasteiger partial charge in [0.15, 0.2) is 0 Å². The van der Waals surface area contributed by atoms with Gasteiger partial charge >= 0.3 is 5.97 Å². The van der Waals surface area contributed by atoms with E-state index >= 15 is 0 Å². The number of nitrogens with zero attached hydrogens (tertiary/aromatic N) is 7. The fourth-order valence-electron chi connectivity index (χ4n) is 10.2. The number of hydrogen-bond donors (Lipinski definition) is 4. The van der Waals surface area contributed by atoms with Crippen LogP contribution in [0.1, 0.15) is 71.2 Å². The van der Waals surface area contributed by atoms with Gasteiger partial charge in [0.2, 0.25) is 31.3 Å². The molecule has 1 aromatic heterocycles. The average molecular weight is 1180 g/mol. The van der Waals surface area contributed by atoms with Gasteiger partial charge in [-0.05, 0) is 114 Å². The summed E-state index contributed by atoms with van der Waals surface area (Å²) in [7, 11) is -14.0. The number of fused-ring (bicyclic) bond motifs is 2. The normalized spacial score (nSPS) is 16.4. The maximum absolute atomic E-state index is 14.2. The van der Waals surface area contributed by atoms with Crippen LogP contribution in [0.25, 0.3) is 33.4 Å². The molecule has 82 heavy (non-hydrogen) atoms. The van der Waals surface area contributed by atoms with Gasteiger partial charge in [-0.3, -0.25) is 9.35 Å². The van der Waals surface area contributed by atoms with Crippen LogP contribution < -0.4 is 34.8 Å². The van der Waals surface area contributed by atoms with E-state index in [0.29, 0.717) is 39.2 Å². The maximum Gasteiger partial charge on any atom is 0.326 e. The molecule has 4 aromatic carbocycles. The van der Waals surface area contributed by atoms with Crippen LogP contribution in [0.2, 0.25) is 0 Å². The summed E-state index contributed by atoms with van der Waals surface area (Å²) in [4.78, 5) is 42.4. The van der Waals surface area contributed by atoms with Gasteiger partial charge in [-0.1, -0.05) is 41.6 Å². The molecule has 436 valence electrons. The largest absolute Gasteiger partial charge is 0.550 e. The van der Waals surface area contributed by atoms with Gasteiger partial charge in [-0.2, -0.15) is 12.7 Å². The Labute approximate surface area is 475 Å². The Hall–Kier alpha value is -7.59. The monoisotopic (exact) mass is 1180 g/mol. The Balaban J connectivity index is 0.00000213. The average Bonchev–Trinajstić information content (AvgIpc) is 3.03. The van der Waals surface area contributed by atoms with Crippen molar-refractivity contribution in [1.29, 1.82) is 0 Å². The maximum atomic E-state index is 14.2. The van der Waals surface area contributed by atoms with Gasteiger partial charge in [0.1, 0.15) is 47.2 Å². The van der Waals surface area contributed by atoms with Crippen LogP contribution in [0.4, 0.5) is 5.69 Å². The van der Waals surface area contributed by atoms with Gasteiger partial charge < -0.3 is 34.5 Å². The van der Waals surface area contributed by atoms with Gasteiger partial charge in [-0.15, -0.1) is 10.2 Å². The molecule has 26 heteroatoms. The van der Waals surface area contributed by atoms with Crippen molar-refractivity contribution in [2.24, 2.45) is 0 Å². The molecule has 9 rings (SSSR count). The molecule has 2 fully saturated rings. The van der Waals surface area contributed by atoms with Crippen molar-refractivity contribution in [2.75, 3.05) is 50.7 Å². The molecule has 23 nitrogen and oxygen atoms in total. The highest BCUT2D eigenvalue weighted by molar-refractivity contribution is 7.89. The first kappa shape index (κ1) is 60.5. The fraction of sp³-hybridized carbons (Fsp3) is 0.357. The zero-order valence-electron chi connectivity index (χ0n) is 45.8. The molecule has 1 amide bonds. The minimum atomic E-state index is -5.08. The molecule has 0 spiro atoms. The number of carbonyl (C=O) groups excluding carboxylic acids is 2. The van der Waals surface area contributed by atoms with E-state index in [-0.39, 0.29) is 35.5 Å². The molecule has 1 aliphatic carbocycles. The topological polar surface area (TPSA) is 307 Å². The lowest BCUT2D eigenvalue weighted by Crippen LogP contribution is -2.51. The molecule has 0 saturated carbocycles. The minimum Gasteiger partial charge on any atom is -0.550 e. The first-order valence-corrected chi connectivity index (χ1v) is 31.1. The zero-order valence-corrected chi connectivity index (χ0v) is 48.3. The van der Waals surface area contributed by atoms with Gasteiger partial charge in [-0.25, -0.2) is 35.6 Å². The van der Waals surface area contributed by atoms with E-state index in [1.807, 2.05) is 69.2 Å². The Morgan fingerprint density at radius 3 is 2.16 bits per heavy atom. The first-order valence-electron chi connectivity index (χ1n) is 26.7. The van der Waals surface area contributed by atoms with Crippen LogP contribution in [0.15, 0.2) is 134 Å². The third-order valence-corrected chi connectivity index (χ3v) is 18.5. The van der Waals surface area contributed by atoms with E-state index in [0.717, 1.165) is 80.5 Å². The molecule has 3 atom stereocenters. The third kappa shape index (κ3) is 13.8. The van der Waals surface area contributed by atoms with Crippen molar-refractivity contribution in [3.05, 3.63) is 132 Å². The summed E-state index contributed by atoms with van der Waals surface area (Å²) in [6.07, 6.45) is 3.18. The predicted molar refractivity (Wildman–Crippen MR) is 302 cm³/mol. The summed E-state index contributed by atoms with van der Waals surface area (Å²) in [5.74, 6) is -2.23. The highest BCUT2D eigenvalue weighted by atomic mass is 32.2. The van der Waals surface area contributed by atoms with Crippen LogP contribution in [0.5, 0.6) is 5.75 Å². The fourth-order valence-corrected chi connectivity index (χ4v) is 13.7. The zero-order chi connectivity index (χ0) is 59.1. The number of carboxylic acids is 2. The molecule has 0 radical (unpaired) electrons. The van der Waals surface area contributed by atoms with Crippen LogP contribution in [0.3, 0.4) is 0 Å². The molecule has 4 heterocycles. The molecular weight excluding hydrogens is 1120 g/mol. The molecule has 2 saturated heterocycles. The number of anilines is 1. The standard InChI is InChI=1S/C54H61N9O12S3.C2H4O2/c1-5-59(6-2)38-18-23-44-49(30-38)74-50-31-39(60(7-3)8-4)19-24-45(50)52(44)46-25-22-43(32-51(46)78(71,72)73)76(67,68)55-33-37-34-62(58-57-37)40-29-48(63(35-40)77(69,70)42-14-10-9-11-15-42)53(64)56-47(54(65)66)28-36-16-20-41(21-17-36)75-61-26-12-13-27-61;1-2(3)4/h9-11,14-25,30-32,34,40,47-48,55H,5-8,12-13,26-29,33,35H2,1-4H3,(H2-,56,64,65,66,71,72,73);1H3,(H,3,4)/t40-,47+,48+;/m1./s1. The lowest BCUT2D eigenvalue weighted by Gasteiger charge is -2.25. The summed E-state index contributed by atoms with van der Waals surface area (Å²) < 4.78 is 107. The predicted octanol–water partition coefficient (Wildman–Crippen LogP) is 4.14. The number of aliphatic carboxylic acids is 2. The van der Waals surface area contributed by atoms with Crippen molar-refractivity contribution in [2.45, 2.75) is 99.7 Å². The van der Waals surface area contributed by atoms with E-state index < -0.39 is 82.5 Å². The number of sulfonamides is 2. The number of nitrogens with one attached hydrogen (secondary N) is 2. The van der Waals surface area contributed by atoms with Crippen molar-refractivity contribution >= 4 is 64.7 Å². The number of benzene rings is 5. The van der Waals surface area contributed by atoms with Crippen molar-refractivity contribution < 1.29 is 63.7 Å². The highest BCUT2D eigenvalue weighted by Crippen LogP contribution is 2.44. The Kier molecular flexibility index (Phi) is 19.0. The summed E-state index contributed by atoms with van der Waals surface area (Å²) in [6, 6.07) is 25.3. The van der Waals surface area contributed by atoms with Crippen LogP contribution in [-0.2, 0) is 57.5 Å². The molecule has 4 aliphatic rings. The van der Waals surface area contributed by atoms with Crippen LogP contribution in [-0.4, -0.2) is 135 Å². The Morgan fingerprint density at radius 2 is 1.52 bits per heavy atom. The SMILES string of the molecule is CC(=O)[O-].CCN(CC)c1ccc2c(-c3ccc(S(=O)(=O)NCc4cn([C@@H]5C[C@@H](C(=O)N[C@@H](Cc6ccc(ON7CCCC7)cc6)C(=O)O)N(S(=O)(=O)c6ccccc6)C5)nn4)cc3S(=O)(=O)O)c3ccc(=[N+](CC)CC)cc-3oc2c1. The number of rotatable bonds is 21. The van der Waals surface area contributed by atoms with E-state index in [4.69, 9.17) is 19.2 Å². The van der Waals surface area contributed by atoms with E-state index in [9.17, 15) is 44.5 Å². The van der Waals surface area contributed by atoms with E-state index in [1.54, 1.807) is 30.3 Å². The second-order valence-corrected chi connectivity index (χ2v) is 24.6. The quantitative estimate of drug-likeness (QED) is 0.0446. The number of carboxylic acid groups (broad SMARTS) is 2. The molecule has 3 aliphatic heterocycles. The molecule has 4 N–H and O–H groups in total. The lowest BCUT2D eigenvalue weighted by molar-refractivity contribution is -0.302. The number of hydrogen-bond acceptors (Lipinski definition) is 16. The first-order chi connectivity index (χ1) is 39.0. The Morgan fingerprint density at radius 1 is 0.854 bits per heavy atom. The molecule has 5 aromatic rings. The molecule has 0 unspecified atom stereocenters. The lowest BCUT2D eigenvalue weighted by atomic mass is 9.93. The van der Waals surface area contributed by atoms with Crippen LogP contribution >= 0.6 is 0 Å². The number of carbonyl (C=O) groups is 3. The molecular formula is C56H65N9O14S3. The van der Waals surface area contributed by atoms with Crippen LogP contribution in [0, 0.1) is 0 Å². The van der Waals surface area contributed by atoms with Crippen molar-refractivity contribution in [3.63, 3.8) is 0 Å².